The topological polar surface area (TPSA) is 77.7 Å². The van der Waals surface area contributed by atoms with Gasteiger partial charge in [-0.25, -0.2) is 8.42 Å². The van der Waals surface area contributed by atoms with E-state index < -0.39 is 9.84 Å². The second-order valence-corrected chi connectivity index (χ2v) is 9.04. The average Bonchev–Trinajstić information content (AvgIpc) is 3.28. The number of benzene rings is 1. The molecular weight excluding hydrogens is 372 g/mol. The van der Waals surface area contributed by atoms with Crippen molar-refractivity contribution in [2.75, 3.05) is 6.26 Å². The van der Waals surface area contributed by atoms with Gasteiger partial charge < -0.3 is 0 Å². The van der Waals surface area contributed by atoms with E-state index >= 15 is 0 Å². The zero-order chi connectivity index (χ0) is 19.3. The Bertz CT molecular complexity index is 1310. The van der Waals surface area contributed by atoms with Crippen LogP contribution in [-0.4, -0.2) is 34.4 Å². The van der Waals surface area contributed by atoms with Gasteiger partial charge in [-0.05, 0) is 54.8 Å². The molecule has 1 aromatic carbocycles. The summed E-state index contributed by atoms with van der Waals surface area (Å²) >= 11 is 0. The van der Waals surface area contributed by atoms with Gasteiger partial charge in [0.05, 0.1) is 16.1 Å². The highest BCUT2D eigenvalue weighted by atomic mass is 32.2. The number of sulfone groups is 1. The Kier molecular flexibility index (Phi) is 3.80. The molecule has 0 unspecified atom stereocenters. The Balaban J connectivity index is 1.84. The first-order valence-electron chi connectivity index (χ1n) is 9.13. The van der Waals surface area contributed by atoms with Gasteiger partial charge in [-0.1, -0.05) is 6.07 Å². The van der Waals surface area contributed by atoms with Crippen molar-refractivity contribution in [3.05, 3.63) is 60.6 Å². The van der Waals surface area contributed by atoms with Crippen LogP contribution in [0.1, 0.15) is 12.1 Å². The third-order valence-corrected chi connectivity index (χ3v) is 6.27. The van der Waals surface area contributed by atoms with Crippen LogP contribution in [0.3, 0.4) is 0 Å². The molecule has 140 valence electrons. The largest absolute Gasteiger partial charge is 0.268 e. The minimum absolute atomic E-state index is 0.289. The van der Waals surface area contributed by atoms with Crippen LogP contribution in [0, 0.1) is 0 Å². The van der Waals surface area contributed by atoms with Gasteiger partial charge in [0.2, 0.25) is 0 Å². The second kappa shape index (κ2) is 6.24. The summed E-state index contributed by atoms with van der Waals surface area (Å²) in [5.41, 5.74) is 5.53. The Morgan fingerprint density at radius 1 is 1.04 bits per heavy atom. The lowest BCUT2D eigenvalue weighted by molar-refractivity contribution is 0.602. The maximum absolute atomic E-state index is 12.1. The summed E-state index contributed by atoms with van der Waals surface area (Å²) < 4.78 is 26.3. The van der Waals surface area contributed by atoms with Crippen molar-refractivity contribution < 1.29 is 8.42 Å². The third-order valence-electron chi connectivity index (χ3n) is 5.16. The van der Waals surface area contributed by atoms with Gasteiger partial charge in [-0.15, -0.1) is 0 Å². The van der Waals surface area contributed by atoms with Gasteiger partial charge in [-0.3, -0.25) is 14.6 Å². The molecular formula is C21H18N4O2S. The number of fused-ring (bicyclic) bond motifs is 2. The molecule has 0 radical (unpaired) electrons. The highest BCUT2D eigenvalue weighted by Crippen LogP contribution is 2.39. The second-order valence-electron chi connectivity index (χ2n) is 7.02. The highest BCUT2D eigenvalue weighted by molar-refractivity contribution is 7.90. The molecule has 0 bridgehead atoms. The molecule has 1 aliphatic heterocycles. The fourth-order valence-corrected chi connectivity index (χ4v) is 4.52. The first-order chi connectivity index (χ1) is 13.5. The monoisotopic (exact) mass is 390 g/mol. The van der Waals surface area contributed by atoms with Crippen LogP contribution in [-0.2, 0) is 22.8 Å². The molecule has 4 aromatic rings. The van der Waals surface area contributed by atoms with Gasteiger partial charge in [-0.2, -0.15) is 5.10 Å². The SMILES string of the molecule is CS(=O)(=O)c1ccc2nccc(-c3c(-c4ccccn4)nn4c3CCC4)c2c1. The third kappa shape index (κ3) is 2.70. The summed E-state index contributed by atoms with van der Waals surface area (Å²) in [7, 11) is -3.31. The lowest BCUT2D eigenvalue weighted by Gasteiger charge is -2.10. The zero-order valence-corrected chi connectivity index (χ0v) is 16.1. The van der Waals surface area contributed by atoms with Crippen LogP contribution in [0.4, 0.5) is 0 Å². The van der Waals surface area contributed by atoms with Crippen molar-refractivity contribution in [2.24, 2.45) is 0 Å². The van der Waals surface area contributed by atoms with Crippen LogP contribution >= 0.6 is 0 Å². The highest BCUT2D eigenvalue weighted by Gasteiger charge is 2.25. The summed E-state index contributed by atoms with van der Waals surface area (Å²) in [5, 5.41) is 5.64. The number of nitrogens with zero attached hydrogens (tertiary/aromatic N) is 4. The molecule has 0 spiro atoms. The average molecular weight is 390 g/mol. The van der Waals surface area contributed by atoms with E-state index in [1.807, 2.05) is 28.9 Å². The fraction of sp³-hybridized carbons (Fsp3) is 0.190. The Morgan fingerprint density at radius 2 is 1.93 bits per heavy atom. The van der Waals surface area contributed by atoms with Crippen molar-refractivity contribution in [3.63, 3.8) is 0 Å². The first kappa shape index (κ1) is 17.1. The van der Waals surface area contributed by atoms with E-state index in [2.05, 4.69) is 9.97 Å². The van der Waals surface area contributed by atoms with Crippen molar-refractivity contribution >= 4 is 20.7 Å². The lowest BCUT2D eigenvalue weighted by atomic mass is 9.97. The smallest absolute Gasteiger partial charge is 0.175 e. The minimum atomic E-state index is -3.31. The molecule has 0 fully saturated rings. The molecule has 0 saturated heterocycles. The molecule has 6 nitrogen and oxygen atoms in total. The van der Waals surface area contributed by atoms with E-state index in [0.29, 0.717) is 0 Å². The van der Waals surface area contributed by atoms with Crippen molar-refractivity contribution in [2.45, 2.75) is 24.3 Å². The zero-order valence-electron chi connectivity index (χ0n) is 15.3. The standard InChI is InChI=1S/C21H18N4O2S/c1-28(26,27)14-7-8-17-16(13-14)15(9-11-23-17)20-19-6-4-12-25(19)24-21(20)18-5-2-3-10-22-18/h2-3,5,7-11,13H,4,6,12H2,1H3. The number of aromatic nitrogens is 4. The quantitative estimate of drug-likeness (QED) is 0.535. The summed E-state index contributed by atoms with van der Waals surface area (Å²) in [6.07, 6.45) is 6.73. The summed E-state index contributed by atoms with van der Waals surface area (Å²) in [6, 6.07) is 12.8. The van der Waals surface area contributed by atoms with E-state index in [1.54, 1.807) is 30.6 Å². The van der Waals surface area contributed by atoms with Gasteiger partial charge in [0.15, 0.2) is 9.84 Å². The molecule has 28 heavy (non-hydrogen) atoms. The summed E-state index contributed by atoms with van der Waals surface area (Å²) in [4.78, 5) is 9.22. The summed E-state index contributed by atoms with van der Waals surface area (Å²) in [5.74, 6) is 0. The van der Waals surface area contributed by atoms with E-state index in [4.69, 9.17) is 5.10 Å². The Morgan fingerprint density at radius 3 is 2.71 bits per heavy atom. The molecule has 5 rings (SSSR count). The Hall–Kier alpha value is -3.06. The van der Waals surface area contributed by atoms with E-state index in [1.165, 1.54) is 6.26 Å². The van der Waals surface area contributed by atoms with E-state index in [-0.39, 0.29) is 4.90 Å². The maximum Gasteiger partial charge on any atom is 0.175 e. The van der Waals surface area contributed by atoms with Gasteiger partial charge >= 0.3 is 0 Å². The van der Waals surface area contributed by atoms with Crippen molar-refractivity contribution in [1.29, 1.82) is 0 Å². The molecule has 0 atom stereocenters. The van der Waals surface area contributed by atoms with E-state index in [9.17, 15) is 8.42 Å². The molecule has 0 aliphatic carbocycles. The van der Waals surface area contributed by atoms with Crippen LogP contribution in [0.2, 0.25) is 0 Å². The van der Waals surface area contributed by atoms with Crippen LogP contribution in [0.5, 0.6) is 0 Å². The molecule has 0 saturated carbocycles. The number of hydrogen-bond donors (Lipinski definition) is 0. The number of rotatable bonds is 3. The molecule has 7 heteroatoms. The summed E-state index contributed by atoms with van der Waals surface area (Å²) in [6.45, 7) is 0.882. The van der Waals surface area contributed by atoms with Gasteiger partial charge in [0.25, 0.3) is 0 Å². The maximum atomic E-state index is 12.1. The Labute approximate surface area is 162 Å². The van der Waals surface area contributed by atoms with Crippen molar-refractivity contribution in [3.8, 4) is 22.5 Å². The predicted octanol–water partition coefficient (Wildman–Crippen LogP) is 3.51. The minimum Gasteiger partial charge on any atom is -0.268 e. The molecule has 0 amide bonds. The predicted molar refractivity (Wildman–Crippen MR) is 108 cm³/mol. The molecule has 0 N–H and O–H groups in total. The normalized spacial score (nSPS) is 13.8. The van der Waals surface area contributed by atoms with Crippen molar-refractivity contribution in [1.82, 2.24) is 19.7 Å². The number of pyridine rings is 2. The number of aryl methyl sites for hydroxylation is 1. The van der Waals surface area contributed by atoms with Crippen LogP contribution in [0.15, 0.2) is 59.8 Å². The van der Waals surface area contributed by atoms with Gasteiger partial charge in [0, 0.05) is 41.8 Å². The van der Waals surface area contributed by atoms with Gasteiger partial charge in [0.1, 0.15) is 5.69 Å². The first-order valence-corrected chi connectivity index (χ1v) is 11.0. The van der Waals surface area contributed by atoms with Crippen LogP contribution < -0.4 is 0 Å². The molecule has 4 heterocycles. The molecule has 1 aliphatic rings. The fourth-order valence-electron chi connectivity index (χ4n) is 3.87. The number of hydrogen-bond acceptors (Lipinski definition) is 5. The molecule has 3 aromatic heterocycles. The van der Waals surface area contributed by atoms with Crippen LogP contribution in [0.25, 0.3) is 33.4 Å². The lowest BCUT2D eigenvalue weighted by Crippen LogP contribution is -1.98. The van der Waals surface area contributed by atoms with E-state index in [0.717, 1.165) is 58.5 Å².